The Morgan fingerprint density at radius 1 is 1.08 bits per heavy atom. The molecule has 0 spiro atoms. The highest BCUT2D eigenvalue weighted by molar-refractivity contribution is 5.23. The molecule has 3 atom stereocenters. The molecule has 1 fully saturated rings. The van der Waals surface area contributed by atoms with Gasteiger partial charge < -0.3 is 14.8 Å². The van der Waals surface area contributed by atoms with Gasteiger partial charge in [-0.3, -0.25) is 0 Å². The molecule has 1 aliphatic heterocycles. The molecule has 3 nitrogen and oxygen atoms in total. The van der Waals surface area contributed by atoms with Crippen molar-refractivity contribution in [2.75, 3.05) is 6.61 Å². The van der Waals surface area contributed by atoms with Crippen LogP contribution >= 0.6 is 0 Å². The predicted octanol–water partition coefficient (Wildman–Crippen LogP) is 4.21. The summed E-state index contributed by atoms with van der Waals surface area (Å²) in [6, 6.07) is 15.8. The second-order valence-corrected chi connectivity index (χ2v) is 6.16. The SMILES string of the molecule is CC1COC(OCc2ccccc2)(C(F)(F)F)C(c2ccccc2)N1. The van der Waals surface area contributed by atoms with Crippen molar-refractivity contribution >= 4 is 0 Å². The van der Waals surface area contributed by atoms with Crippen LogP contribution in [0.1, 0.15) is 24.1 Å². The lowest BCUT2D eigenvalue weighted by Gasteiger charge is -2.46. The second kappa shape index (κ2) is 7.15. The summed E-state index contributed by atoms with van der Waals surface area (Å²) in [5.74, 6) is -2.74. The Kier molecular flexibility index (Phi) is 5.13. The normalized spacial score (nSPS) is 27.2. The third-order valence-corrected chi connectivity index (χ3v) is 4.20. The number of rotatable bonds is 4. The van der Waals surface area contributed by atoms with Crippen molar-refractivity contribution in [2.45, 2.75) is 37.6 Å². The van der Waals surface area contributed by atoms with Gasteiger partial charge in [-0.1, -0.05) is 60.7 Å². The van der Waals surface area contributed by atoms with Gasteiger partial charge in [0.15, 0.2) is 0 Å². The molecule has 3 rings (SSSR count). The Morgan fingerprint density at radius 3 is 2.28 bits per heavy atom. The molecule has 25 heavy (non-hydrogen) atoms. The van der Waals surface area contributed by atoms with Crippen LogP contribution in [0.4, 0.5) is 13.2 Å². The minimum atomic E-state index is -4.70. The maximum Gasteiger partial charge on any atom is 0.445 e. The molecule has 3 unspecified atom stereocenters. The first-order valence-corrected chi connectivity index (χ1v) is 8.12. The van der Waals surface area contributed by atoms with Crippen LogP contribution in [-0.4, -0.2) is 24.6 Å². The minimum absolute atomic E-state index is 0.0857. The lowest BCUT2D eigenvalue weighted by Crippen LogP contribution is -2.64. The van der Waals surface area contributed by atoms with E-state index in [1.807, 2.05) is 0 Å². The van der Waals surface area contributed by atoms with E-state index in [0.29, 0.717) is 11.1 Å². The van der Waals surface area contributed by atoms with Gasteiger partial charge in [-0.15, -0.1) is 0 Å². The minimum Gasteiger partial charge on any atom is -0.339 e. The highest BCUT2D eigenvalue weighted by Crippen LogP contribution is 2.46. The van der Waals surface area contributed by atoms with Crippen molar-refractivity contribution in [2.24, 2.45) is 0 Å². The summed E-state index contributed by atoms with van der Waals surface area (Å²) in [7, 11) is 0. The Morgan fingerprint density at radius 2 is 1.68 bits per heavy atom. The van der Waals surface area contributed by atoms with Gasteiger partial charge >= 0.3 is 6.18 Å². The van der Waals surface area contributed by atoms with Crippen molar-refractivity contribution in [3.8, 4) is 0 Å². The van der Waals surface area contributed by atoms with Gasteiger partial charge in [-0.2, -0.15) is 13.2 Å². The molecular formula is C19H20F3NO2. The standard InChI is InChI=1S/C19H20F3NO2/c1-14-12-24-18(19(20,21)22,25-13-15-8-4-2-5-9-15)17(23-14)16-10-6-3-7-11-16/h2-11,14,17,23H,12-13H2,1H3. The fraction of sp³-hybridized carbons (Fsp3) is 0.368. The molecule has 1 aliphatic rings. The topological polar surface area (TPSA) is 30.5 Å². The highest BCUT2D eigenvalue weighted by atomic mass is 19.4. The third kappa shape index (κ3) is 3.71. The molecular weight excluding hydrogens is 331 g/mol. The first kappa shape index (κ1) is 17.9. The zero-order valence-corrected chi connectivity index (χ0v) is 13.8. The van der Waals surface area contributed by atoms with Crippen molar-refractivity contribution in [3.63, 3.8) is 0 Å². The molecule has 134 valence electrons. The molecule has 0 saturated carbocycles. The summed E-state index contributed by atoms with van der Waals surface area (Å²) in [5, 5.41) is 3.00. The van der Waals surface area contributed by atoms with E-state index < -0.39 is 18.0 Å². The average Bonchev–Trinajstić information content (AvgIpc) is 2.61. The largest absolute Gasteiger partial charge is 0.445 e. The molecule has 0 amide bonds. The quantitative estimate of drug-likeness (QED) is 0.895. The Balaban J connectivity index is 1.96. The van der Waals surface area contributed by atoms with E-state index >= 15 is 0 Å². The monoisotopic (exact) mass is 351 g/mol. The summed E-state index contributed by atoms with van der Waals surface area (Å²) < 4.78 is 53.0. The van der Waals surface area contributed by atoms with E-state index in [9.17, 15) is 13.2 Å². The molecule has 0 bridgehead atoms. The zero-order valence-electron chi connectivity index (χ0n) is 13.8. The fourth-order valence-corrected chi connectivity index (χ4v) is 2.95. The van der Waals surface area contributed by atoms with Gasteiger partial charge in [0.2, 0.25) is 0 Å². The van der Waals surface area contributed by atoms with Crippen molar-refractivity contribution < 1.29 is 22.6 Å². The Hall–Kier alpha value is -1.89. The van der Waals surface area contributed by atoms with Gasteiger partial charge in [-0.05, 0) is 18.1 Å². The number of nitrogens with one attached hydrogen (secondary N) is 1. The highest BCUT2D eigenvalue weighted by Gasteiger charge is 2.64. The lowest BCUT2D eigenvalue weighted by atomic mass is 9.94. The predicted molar refractivity (Wildman–Crippen MR) is 87.7 cm³/mol. The van der Waals surface area contributed by atoms with Gasteiger partial charge in [0, 0.05) is 6.04 Å². The Bertz CT molecular complexity index is 678. The molecule has 2 aromatic rings. The van der Waals surface area contributed by atoms with Crippen LogP contribution < -0.4 is 5.32 Å². The van der Waals surface area contributed by atoms with Crippen LogP contribution in [0.15, 0.2) is 60.7 Å². The molecule has 2 aromatic carbocycles. The smallest absolute Gasteiger partial charge is 0.339 e. The molecule has 1 N–H and O–H groups in total. The maximum atomic E-state index is 14.1. The second-order valence-electron chi connectivity index (χ2n) is 6.16. The number of benzene rings is 2. The number of morpholine rings is 1. The molecule has 6 heteroatoms. The summed E-state index contributed by atoms with van der Waals surface area (Å²) in [6.45, 7) is 1.50. The third-order valence-electron chi connectivity index (χ3n) is 4.20. The molecule has 0 aliphatic carbocycles. The van der Waals surface area contributed by atoms with E-state index in [0.717, 1.165) is 0 Å². The number of hydrogen-bond acceptors (Lipinski definition) is 3. The summed E-state index contributed by atoms with van der Waals surface area (Å²) >= 11 is 0. The van der Waals surface area contributed by atoms with Gasteiger partial charge in [0.05, 0.1) is 19.3 Å². The van der Waals surface area contributed by atoms with Crippen LogP contribution in [0, 0.1) is 0 Å². The fourth-order valence-electron chi connectivity index (χ4n) is 2.95. The van der Waals surface area contributed by atoms with Gasteiger partial charge in [-0.25, -0.2) is 0 Å². The van der Waals surface area contributed by atoms with Crippen LogP contribution in [0.3, 0.4) is 0 Å². The maximum absolute atomic E-state index is 14.1. The molecule has 0 aromatic heterocycles. The van der Waals surface area contributed by atoms with E-state index in [1.165, 1.54) is 0 Å². The number of alkyl halides is 3. The van der Waals surface area contributed by atoms with E-state index in [-0.39, 0.29) is 19.3 Å². The summed E-state index contributed by atoms with van der Waals surface area (Å²) in [6.07, 6.45) is -4.70. The van der Waals surface area contributed by atoms with Crippen LogP contribution in [0.25, 0.3) is 0 Å². The van der Waals surface area contributed by atoms with Gasteiger partial charge in [0.1, 0.15) is 0 Å². The first-order valence-electron chi connectivity index (χ1n) is 8.12. The van der Waals surface area contributed by atoms with E-state index in [2.05, 4.69) is 5.32 Å². The lowest BCUT2D eigenvalue weighted by molar-refractivity contribution is -0.407. The van der Waals surface area contributed by atoms with E-state index in [4.69, 9.17) is 9.47 Å². The molecule has 1 saturated heterocycles. The van der Waals surface area contributed by atoms with Crippen molar-refractivity contribution in [1.82, 2.24) is 5.32 Å². The number of ether oxygens (including phenoxy) is 2. The zero-order chi connectivity index (χ0) is 17.9. The van der Waals surface area contributed by atoms with Gasteiger partial charge in [0.25, 0.3) is 5.79 Å². The number of hydrogen-bond donors (Lipinski definition) is 1. The number of halogens is 3. The average molecular weight is 351 g/mol. The van der Waals surface area contributed by atoms with Crippen LogP contribution in [0.5, 0.6) is 0 Å². The van der Waals surface area contributed by atoms with Crippen molar-refractivity contribution in [3.05, 3.63) is 71.8 Å². The summed E-state index contributed by atoms with van der Waals surface area (Å²) in [4.78, 5) is 0. The van der Waals surface area contributed by atoms with Crippen LogP contribution in [-0.2, 0) is 16.1 Å². The first-order chi connectivity index (χ1) is 11.9. The van der Waals surface area contributed by atoms with E-state index in [1.54, 1.807) is 67.6 Å². The van der Waals surface area contributed by atoms with Crippen molar-refractivity contribution in [1.29, 1.82) is 0 Å². The van der Waals surface area contributed by atoms with Crippen LogP contribution in [0.2, 0.25) is 0 Å². The molecule has 1 heterocycles. The molecule has 0 radical (unpaired) electrons. The Labute approximate surface area is 144 Å². The summed E-state index contributed by atoms with van der Waals surface area (Å²) in [5.41, 5.74) is 1.12.